The summed E-state index contributed by atoms with van der Waals surface area (Å²) < 4.78 is 11.3. The third kappa shape index (κ3) is 9.59. The molecular weight excluding hydrogens is 418 g/mol. The van der Waals surface area contributed by atoms with Crippen molar-refractivity contribution in [2.45, 2.75) is 58.7 Å². The molecule has 0 saturated carbocycles. The second kappa shape index (κ2) is 11.9. The first-order chi connectivity index (χ1) is 14.6. The van der Waals surface area contributed by atoms with Crippen molar-refractivity contribution in [1.29, 1.82) is 0 Å². The Morgan fingerprint density at radius 2 is 1.94 bits per heavy atom. The molecule has 9 heteroatoms. The molecule has 1 aromatic heterocycles. The fourth-order valence-corrected chi connectivity index (χ4v) is 2.65. The first kappa shape index (κ1) is 25.0. The van der Waals surface area contributed by atoms with Gasteiger partial charge < -0.3 is 19.9 Å². The summed E-state index contributed by atoms with van der Waals surface area (Å²) >= 11 is 6.12. The predicted molar refractivity (Wildman–Crippen MR) is 122 cm³/mol. The molecule has 2 N–H and O–H groups in total. The average Bonchev–Trinajstić information content (AvgIpc) is 2.72. The van der Waals surface area contributed by atoms with Crippen LogP contribution in [0.3, 0.4) is 0 Å². The Labute approximate surface area is 189 Å². The predicted octanol–water partition coefficient (Wildman–Crippen LogP) is 4.51. The topological polar surface area (TPSA) is 101 Å². The van der Waals surface area contributed by atoms with E-state index in [0.29, 0.717) is 42.0 Å². The van der Waals surface area contributed by atoms with Gasteiger partial charge in [0.25, 0.3) is 0 Å². The highest BCUT2D eigenvalue weighted by atomic mass is 35.5. The number of nitrogens with zero attached hydrogens (tertiary/aromatic N) is 4. The van der Waals surface area contributed by atoms with Gasteiger partial charge in [-0.15, -0.1) is 15.3 Å². The molecule has 0 fully saturated rings. The number of halogens is 1. The number of ether oxygens (including phenoxy) is 2. The molecule has 0 saturated heterocycles. The van der Waals surface area contributed by atoms with E-state index in [1.165, 1.54) is 0 Å². The lowest BCUT2D eigenvalue weighted by Crippen LogP contribution is -2.45. The van der Waals surface area contributed by atoms with E-state index >= 15 is 0 Å². The van der Waals surface area contributed by atoms with Crippen LogP contribution in [0, 0.1) is 6.92 Å². The van der Waals surface area contributed by atoms with Gasteiger partial charge >= 0.3 is 0 Å². The molecule has 2 rings (SSSR count). The summed E-state index contributed by atoms with van der Waals surface area (Å²) in [6, 6.07) is 9.10. The molecule has 0 amide bonds. The smallest absolute Gasteiger partial charge is 0.233 e. The van der Waals surface area contributed by atoms with Crippen molar-refractivity contribution in [1.82, 2.24) is 15.5 Å². The molecular formula is C22H32ClN5O3. The summed E-state index contributed by atoms with van der Waals surface area (Å²) in [5, 5.41) is 30.1. The van der Waals surface area contributed by atoms with Crippen LogP contribution in [-0.2, 0) is 0 Å². The zero-order chi connectivity index (χ0) is 22.9. The highest BCUT2D eigenvalue weighted by molar-refractivity contribution is 6.32. The number of aromatic nitrogens is 2. The standard InChI is InChI=1S/C22H32ClN5O3/c1-15(2)25-26-20-8-9-21(28-27-20)30-11-10-22(4,5)24-13-17(29)14-31-19-12-16(3)6-7-18(19)23/h6-9,12,15,17,24,29H,10-11,13-14H2,1-5H3. The van der Waals surface area contributed by atoms with Crippen LogP contribution in [-0.4, -0.2) is 52.7 Å². The Morgan fingerprint density at radius 1 is 1.16 bits per heavy atom. The molecule has 170 valence electrons. The van der Waals surface area contributed by atoms with E-state index in [-0.39, 0.29) is 18.2 Å². The maximum Gasteiger partial charge on any atom is 0.233 e. The van der Waals surface area contributed by atoms with E-state index < -0.39 is 6.10 Å². The van der Waals surface area contributed by atoms with E-state index in [0.717, 1.165) is 5.56 Å². The lowest BCUT2D eigenvalue weighted by molar-refractivity contribution is 0.0964. The molecule has 2 aromatic rings. The largest absolute Gasteiger partial charge is 0.489 e. The zero-order valence-corrected chi connectivity index (χ0v) is 19.6. The highest BCUT2D eigenvalue weighted by Gasteiger charge is 2.19. The molecule has 1 atom stereocenters. The number of nitrogens with one attached hydrogen (secondary N) is 1. The third-order valence-corrected chi connectivity index (χ3v) is 4.64. The second-order valence-corrected chi connectivity index (χ2v) is 8.71. The van der Waals surface area contributed by atoms with Gasteiger partial charge in [-0.2, -0.15) is 5.11 Å². The lowest BCUT2D eigenvalue weighted by Gasteiger charge is -2.27. The number of benzene rings is 1. The van der Waals surface area contributed by atoms with Crippen molar-refractivity contribution >= 4 is 17.4 Å². The Kier molecular flexibility index (Phi) is 9.61. The number of aryl methyl sites for hydroxylation is 1. The summed E-state index contributed by atoms with van der Waals surface area (Å²) in [4.78, 5) is 0. The Hall–Kier alpha value is -2.29. The highest BCUT2D eigenvalue weighted by Crippen LogP contribution is 2.25. The minimum Gasteiger partial charge on any atom is -0.489 e. The van der Waals surface area contributed by atoms with Crippen molar-refractivity contribution < 1.29 is 14.6 Å². The number of rotatable bonds is 12. The van der Waals surface area contributed by atoms with Crippen LogP contribution < -0.4 is 14.8 Å². The first-order valence-corrected chi connectivity index (χ1v) is 10.7. The first-order valence-electron chi connectivity index (χ1n) is 10.3. The van der Waals surface area contributed by atoms with Gasteiger partial charge in [-0.25, -0.2) is 0 Å². The molecule has 0 aliphatic heterocycles. The molecule has 1 aromatic carbocycles. The average molecular weight is 450 g/mol. The summed E-state index contributed by atoms with van der Waals surface area (Å²) in [7, 11) is 0. The quantitative estimate of drug-likeness (QED) is 0.462. The van der Waals surface area contributed by atoms with Crippen LogP contribution in [0.25, 0.3) is 0 Å². The molecule has 0 bridgehead atoms. The van der Waals surface area contributed by atoms with E-state index in [2.05, 4.69) is 25.7 Å². The van der Waals surface area contributed by atoms with Crippen molar-refractivity contribution in [2.24, 2.45) is 10.2 Å². The van der Waals surface area contributed by atoms with Gasteiger partial charge in [-0.1, -0.05) is 17.7 Å². The molecule has 8 nitrogen and oxygen atoms in total. The third-order valence-electron chi connectivity index (χ3n) is 4.33. The Morgan fingerprint density at radius 3 is 2.61 bits per heavy atom. The van der Waals surface area contributed by atoms with Gasteiger partial charge in [0.15, 0.2) is 5.82 Å². The lowest BCUT2D eigenvalue weighted by atomic mass is 10.0. The number of aliphatic hydroxyl groups excluding tert-OH is 1. The van der Waals surface area contributed by atoms with Crippen LogP contribution in [0.5, 0.6) is 11.6 Å². The van der Waals surface area contributed by atoms with E-state index in [1.54, 1.807) is 18.2 Å². The Balaban J connectivity index is 1.70. The van der Waals surface area contributed by atoms with E-state index in [9.17, 15) is 5.11 Å². The maximum absolute atomic E-state index is 10.2. The molecule has 0 aliphatic rings. The number of aliphatic hydroxyl groups is 1. The maximum atomic E-state index is 10.2. The van der Waals surface area contributed by atoms with E-state index in [4.69, 9.17) is 21.1 Å². The van der Waals surface area contributed by atoms with Gasteiger partial charge in [0.1, 0.15) is 18.5 Å². The normalized spacial score (nSPS) is 13.0. The summed E-state index contributed by atoms with van der Waals surface area (Å²) in [6.07, 6.45) is 0.0380. The zero-order valence-electron chi connectivity index (χ0n) is 18.8. The SMILES string of the molecule is Cc1ccc(Cl)c(OCC(O)CNC(C)(C)CCOc2ccc(N=NC(C)C)nn2)c1. The summed E-state index contributed by atoms with van der Waals surface area (Å²) in [6.45, 7) is 10.9. The fraction of sp³-hybridized carbons (Fsp3) is 0.545. The number of β-amino-alcohol motifs (C(OH)–C–C–N with tert-alkyl or cyclic N) is 1. The second-order valence-electron chi connectivity index (χ2n) is 8.30. The van der Waals surface area contributed by atoms with E-state index in [1.807, 2.05) is 46.8 Å². The van der Waals surface area contributed by atoms with Crippen molar-refractivity contribution in [3.63, 3.8) is 0 Å². The number of hydrogen-bond acceptors (Lipinski definition) is 8. The summed E-state index contributed by atoms with van der Waals surface area (Å²) in [5.41, 5.74) is 0.799. The number of azo groups is 1. The van der Waals surface area contributed by atoms with Gasteiger partial charge in [0, 0.05) is 18.2 Å². The fourth-order valence-electron chi connectivity index (χ4n) is 2.48. The van der Waals surface area contributed by atoms with Crippen LogP contribution in [0.2, 0.25) is 5.02 Å². The van der Waals surface area contributed by atoms with Crippen molar-refractivity contribution in [2.75, 3.05) is 19.8 Å². The number of hydrogen-bond donors (Lipinski definition) is 2. The van der Waals surface area contributed by atoms with Gasteiger partial charge in [0.2, 0.25) is 5.88 Å². The Bertz CT molecular complexity index is 844. The molecule has 1 unspecified atom stereocenters. The minimum absolute atomic E-state index is 0.109. The van der Waals surface area contributed by atoms with Gasteiger partial charge in [0.05, 0.1) is 17.7 Å². The van der Waals surface area contributed by atoms with Crippen molar-refractivity contribution in [3.8, 4) is 11.6 Å². The molecule has 31 heavy (non-hydrogen) atoms. The molecule has 0 radical (unpaired) electrons. The molecule has 0 aliphatic carbocycles. The van der Waals surface area contributed by atoms with Crippen LogP contribution in [0.15, 0.2) is 40.6 Å². The van der Waals surface area contributed by atoms with Crippen molar-refractivity contribution in [3.05, 3.63) is 40.9 Å². The molecule has 1 heterocycles. The molecule has 0 spiro atoms. The monoisotopic (exact) mass is 449 g/mol. The van der Waals surface area contributed by atoms with Crippen LogP contribution in [0.1, 0.15) is 39.7 Å². The van der Waals surface area contributed by atoms with Gasteiger partial charge in [-0.3, -0.25) is 0 Å². The minimum atomic E-state index is -0.671. The summed E-state index contributed by atoms with van der Waals surface area (Å²) in [5.74, 6) is 1.46. The van der Waals surface area contributed by atoms with Crippen LogP contribution in [0.4, 0.5) is 5.82 Å². The van der Waals surface area contributed by atoms with Gasteiger partial charge in [-0.05, 0) is 64.8 Å². The van der Waals surface area contributed by atoms with Crippen LogP contribution >= 0.6 is 11.6 Å².